The number of amides is 3. The minimum absolute atomic E-state index is 0.0497. The fourth-order valence-electron chi connectivity index (χ4n) is 6.80. The second kappa shape index (κ2) is 11.0. The lowest BCUT2D eigenvalue weighted by Gasteiger charge is -2.38. The standard InChI is InChI=1S/C29H38ClN3O5/c1-4-37-16-6-15-33-25(27(35)32-21-8-5-7-17(2)18(21)3)29-14-13-22(38-29)23(24(29)28(33)36)26(34)31-20-11-9-19(30)10-12-20/h9-14,17-18,21-25H,4-8,15-16H2,1-3H3,(H,31,34)(H,32,35)/t17-,18-,21-,22-,23-,24-,25+,29+/m1/s1. The quantitative estimate of drug-likeness (QED) is 0.365. The monoisotopic (exact) mass is 543 g/mol. The molecule has 9 heteroatoms. The van der Waals surface area contributed by atoms with Crippen LogP contribution in [0, 0.1) is 23.7 Å². The Morgan fingerprint density at radius 1 is 1.18 bits per heavy atom. The van der Waals surface area contributed by atoms with Gasteiger partial charge in [-0.1, -0.05) is 50.4 Å². The molecule has 3 heterocycles. The van der Waals surface area contributed by atoms with Crippen LogP contribution in [-0.4, -0.2) is 66.2 Å². The first-order valence-electron chi connectivity index (χ1n) is 13.9. The summed E-state index contributed by atoms with van der Waals surface area (Å²) < 4.78 is 11.9. The summed E-state index contributed by atoms with van der Waals surface area (Å²) in [5.74, 6) is -1.35. The molecule has 8 atom stereocenters. The van der Waals surface area contributed by atoms with Crippen LogP contribution < -0.4 is 10.6 Å². The molecule has 1 saturated carbocycles. The summed E-state index contributed by atoms with van der Waals surface area (Å²) in [5.41, 5.74) is -0.572. The summed E-state index contributed by atoms with van der Waals surface area (Å²) in [6, 6.07) is 6.06. The van der Waals surface area contributed by atoms with Crippen molar-refractivity contribution in [1.82, 2.24) is 10.2 Å². The van der Waals surface area contributed by atoms with Gasteiger partial charge in [-0.25, -0.2) is 0 Å². The summed E-state index contributed by atoms with van der Waals surface area (Å²) in [6.07, 6.45) is 6.87. The average molecular weight is 544 g/mol. The van der Waals surface area contributed by atoms with Gasteiger partial charge in [-0.15, -0.1) is 0 Å². The van der Waals surface area contributed by atoms with Crippen LogP contribution in [0.5, 0.6) is 0 Å². The van der Waals surface area contributed by atoms with Gasteiger partial charge >= 0.3 is 0 Å². The first-order valence-corrected chi connectivity index (χ1v) is 14.3. The lowest BCUT2D eigenvalue weighted by Crippen LogP contribution is -2.58. The van der Waals surface area contributed by atoms with Crippen molar-refractivity contribution >= 4 is 35.0 Å². The highest BCUT2D eigenvalue weighted by atomic mass is 35.5. The fraction of sp³-hybridized carbons (Fsp3) is 0.621. The molecular formula is C29H38ClN3O5. The van der Waals surface area contributed by atoms with E-state index in [0.717, 1.165) is 19.3 Å². The molecule has 1 aromatic rings. The van der Waals surface area contributed by atoms with E-state index in [2.05, 4.69) is 24.5 Å². The SMILES string of the molecule is CCOCCCN1C(=O)[C@H]2[C@H](C(=O)Nc3ccc(Cl)cc3)[C@H]3C=C[C@@]2(O3)[C@@H]1C(=O)N[C@@H]1CCC[C@@H](C)[C@H]1C. The molecule has 0 unspecified atom stereocenters. The van der Waals surface area contributed by atoms with Crippen molar-refractivity contribution in [2.24, 2.45) is 23.7 Å². The molecule has 38 heavy (non-hydrogen) atoms. The second-order valence-corrected chi connectivity index (χ2v) is 11.6. The van der Waals surface area contributed by atoms with E-state index in [0.29, 0.717) is 48.7 Å². The van der Waals surface area contributed by atoms with E-state index in [1.54, 1.807) is 29.2 Å². The summed E-state index contributed by atoms with van der Waals surface area (Å²) in [5, 5.41) is 6.77. The lowest BCUT2D eigenvalue weighted by molar-refractivity contribution is -0.141. The van der Waals surface area contributed by atoms with E-state index in [1.807, 2.05) is 19.1 Å². The zero-order chi connectivity index (χ0) is 27.0. The first-order chi connectivity index (χ1) is 18.3. The number of likely N-dealkylation sites (tertiary alicyclic amines) is 1. The number of hydrogen-bond donors (Lipinski definition) is 2. The van der Waals surface area contributed by atoms with Gasteiger partial charge in [0.25, 0.3) is 0 Å². The maximum absolute atomic E-state index is 14.0. The number of nitrogens with one attached hydrogen (secondary N) is 2. The number of hydrogen-bond acceptors (Lipinski definition) is 5. The predicted molar refractivity (Wildman–Crippen MR) is 145 cm³/mol. The topological polar surface area (TPSA) is 97.0 Å². The van der Waals surface area contributed by atoms with E-state index in [-0.39, 0.29) is 23.8 Å². The average Bonchev–Trinajstić information content (AvgIpc) is 3.53. The van der Waals surface area contributed by atoms with Crippen LogP contribution in [0.1, 0.15) is 46.5 Å². The van der Waals surface area contributed by atoms with Crippen LogP contribution in [-0.2, 0) is 23.9 Å². The Balaban J connectivity index is 1.41. The van der Waals surface area contributed by atoms with Gasteiger partial charge in [-0.3, -0.25) is 14.4 Å². The molecule has 3 aliphatic heterocycles. The maximum atomic E-state index is 14.0. The fourth-order valence-corrected chi connectivity index (χ4v) is 6.92. The van der Waals surface area contributed by atoms with Crippen LogP contribution in [0.2, 0.25) is 5.02 Å². The molecule has 0 aromatic heterocycles. The summed E-state index contributed by atoms with van der Waals surface area (Å²) in [4.78, 5) is 43.1. The number of rotatable bonds is 9. The molecule has 3 amide bonds. The number of fused-ring (bicyclic) bond motifs is 1. The van der Waals surface area contributed by atoms with Gasteiger partial charge in [0.1, 0.15) is 11.6 Å². The number of benzene rings is 1. The highest BCUT2D eigenvalue weighted by molar-refractivity contribution is 6.30. The number of nitrogens with zero attached hydrogens (tertiary/aromatic N) is 1. The largest absolute Gasteiger partial charge is 0.382 e. The molecule has 0 radical (unpaired) electrons. The zero-order valence-electron chi connectivity index (χ0n) is 22.3. The van der Waals surface area contributed by atoms with Crippen LogP contribution in [0.3, 0.4) is 0 Å². The smallest absolute Gasteiger partial charge is 0.246 e. The molecule has 8 nitrogen and oxygen atoms in total. The minimum atomic E-state index is -1.16. The van der Waals surface area contributed by atoms with Crippen LogP contribution >= 0.6 is 11.6 Å². The Hall–Kier alpha value is -2.42. The molecule has 5 rings (SSSR count). The van der Waals surface area contributed by atoms with Crippen molar-refractivity contribution in [2.45, 2.75) is 70.2 Å². The second-order valence-electron chi connectivity index (χ2n) is 11.2. The lowest BCUT2D eigenvalue weighted by atomic mass is 9.73. The maximum Gasteiger partial charge on any atom is 0.246 e. The molecule has 1 aliphatic carbocycles. The molecule has 2 N–H and O–H groups in total. The van der Waals surface area contributed by atoms with Crippen molar-refractivity contribution in [1.29, 1.82) is 0 Å². The third-order valence-corrected chi connectivity index (χ3v) is 9.22. The highest BCUT2D eigenvalue weighted by Crippen LogP contribution is 2.55. The van der Waals surface area contributed by atoms with Crippen molar-refractivity contribution < 1.29 is 23.9 Å². The van der Waals surface area contributed by atoms with E-state index < -0.39 is 29.6 Å². The molecule has 2 bridgehead atoms. The number of ether oxygens (including phenoxy) is 2. The molecule has 4 aliphatic rings. The summed E-state index contributed by atoms with van der Waals surface area (Å²) in [6.45, 7) is 7.77. The molecule has 206 valence electrons. The Labute approximate surface area is 229 Å². The Morgan fingerprint density at radius 3 is 2.68 bits per heavy atom. The molecule has 1 spiro atoms. The van der Waals surface area contributed by atoms with Gasteiger partial charge < -0.3 is 25.0 Å². The van der Waals surface area contributed by atoms with Gasteiger partial charge in [-0.2, -0.15) is 0 Å². The third-order valence-electron chi connectivity index (χ3n) is 8.96. The van der Waals surface area contributed by atoms with Gasteiger partial charge in [-0.05, 0) is 55.9 Å². The van der Waals surface area contributed by atoms with Crippen molar-refractivity contribution in [2.75, 3.05) is 25.1 Å². The molecule has 2 saturated heterocycles. The normalized spacial score (nSPS) is 35.4. The van der Waals surface area contributed by atoms with Gasteiger partial charge in [0.15, 0.2) is 0 Å². The van der Waals surface area contributed by atoms with E-state index >= 15 is 0 Å². The van der Waals surface area contributed by atoms with E-state index in [1.165, 1.54) is 0 Å². The Bertz CT molecular complexity index is 1090. The number of anilines is 1. The first kappa shape index (κ1) is 27.2. The van der Waals surface area contributed by atoms with Crippen LogP contribution in [0.25, 0.3) is 0 Å². The van der Waals surface area contributed by atoms with Crippen LogP contribution in [0.4, 0.5) is 5.69 Å². The molecule has 3 fully saturated rings. The molecule has 1 aromatic carbocycles. The number of carbonyl (C=O) groups excluding carboxylic acids is 3. The minimum Gasteiger partial charge on any atom is -0.382 e. The van der Waals surface area contributed by atoms with Crippen molar-refractivity contribution in [3.8, 4) is 0 Å². The Morgan fingerprint density at radius 2 is 1.95 bits per heavy atom. The zero-order valence-corrected chi connectivity index (χ0v) is 23.1. The van der Waals surface area contributed by atoms with Crippen molar-refractivity contribution in [3.63, 3.8) is 0 Å². The van der Waals surface area contributed by atoms with Gasteiger partial charge in [0.05, 0.1) is 17.9 Å². The number of carbonyl (C=O) groups is 3. The van der Waals surface area contributed by atoms with E-state index in [4.69, 9.17) is 21.1 Å². The number of halogens is 1. The predicted octanol–water partition coefficient (Wildman–Crippen LogP) is 3.80. The highest BCUT2D eigenvalue weighted by Gasteiger charge is 2.72. The van der Waals surface area contributed by atoms with Crippen molar-refractivity contribution in [3.05, 3.63) is 41.4 Å². The summed E-state index contributed by atoms with van der Waals surface area (Å²) in [7, 11) is 0. The third kappa shape index (κ3) is 4.75. The van der Waals surface area contributed by atoms with Crippen LogP contribution in [0.15, 0.2) is 36.4 Å². The summed E-state index contributed by atoms with van der Waals surface area (Å²) >= 11 is 5.99. The molecular weight excluding hydrogens is 506 g/mol. The van der Waals surface area contributed by atoms with Gasteiger partial charge in [0, 0.05) is 36.5 Å². The van der Waals surface area contributed by atoms with E-state index in [9.17, 15) is 14.4 Å². The Kier molecular flexibility index (Phi) is 7.85. The van der Waals surface area contributed by atoms with Gasteiger partial charge in [0.2, 0.25) is 17.7 Å².